The van der Waals surface area contributed by atoms with E-state index in [9.17, 15) is 4.79 Å². The number of carbonyl (C=O) groups is 1. The van der Waals surface area contributed by atoms with Gasteiger partial charge in [0.1, 0.15) is 0 Å². The van der Waals surface area contributed by atoms with E-state index < -0.39 is 5.41 Å². The van der Waals surface area contributed by atoms with Crippen molar-refractivity contribution < 1.29 is 4.79 Å². The summed E-state index contributed by atoms with van der Waals surface area (Å²) in [7, 11) is 0. The first-order valence-corrected chi connectivity index (χ1v) is 10.1. The summed E-state index contributed by atoms with van der Waals surface area (Å²) >= 11 is 1.78. The minimum atomic E-state index is -0.623. The van der Waals surface area contributed by atoms with Gasteiger partial charge >= 0.3 is 0 Å². The largest absolute Gasteiger partial charge is 0.293 e. The normalized spacial score (nSPS) is 21.1. The van der Waals surface area contributed by atoms with Crippen molar-refractivity contribution in [2.75, 3.05) is 0 Å². The molecule has 0 heterocycles. The molecular formula is C25H22OS. The molecule has 0 N–H and O–H groups in total. The lowest BCUT2D eigenvalue weighted by molar-refractivity contribution is 0.0902. The van der Waals surface area contributed by atoms with E-state index in [1.165, 1.54) is 10.5 Å². The Balaban J connectivity index is 1.90. The zero-order chi connectivity index (χ0) is 18.9. The fourth-order valence-corrected chi connectivity index (χ4v) is 5.48. The Labute approximate surface area is 165 Å². The first kappa shape index (κ1) is 17.8. The quantitative estimate of drug-likeness (QED) is 0.474. The Bertz CT molecular complexity index is 975. The maximum absolute atomic E-state index is 13.7. The number of Topliss-reactive ketones (excluding diaryl/α,β-unsaturated/α-hetero) is 1. The molecule has 0 radical (unpaired) electrons. The van der Waals surface area contributed by atoms with E-state index in [-0.39, 0.29) is 11.0 Å². The van der Waals surface area contributed by atoms with E-state index in [1.807, 2.05) is 42.5 Å². The number of benzene rings is 3. The van der Waals surface area contributed by atoms with Gasteiger partial charge in [0.2, 0.25) is 0 Å². The zero-order valence-corrected chi connectivity index (χ0v) is 16.2. The molecule has 0 spiro atoms. The Hall–Kier alpha value is -2.58. The van der Waals surface area contributed by atoms with Crippen molar-refractivity contribution in [1.82, 2.24) is 0 Å². The molecule has 3 aromatic rings. The van der Waals surface area contributed by atoms with Crippen LogP contribution in [0, 0.1) is 6.92 Å². The Morgan fingerprint density at radius 1 is 0.963 bits per heavy atom. The predicted molar refractivity (Wildman–Crippen MR) is 113 cm³/mol. The molecule has 134 valence electrons. The van der Waals surface area contributed by atoms with Crippen LogP contribution in [-0.2, 0) is 5.41 Å². The van der Waals surface area contributed by atoms with E-state index >= 15 is 0 Å². The number of allylic oxidation sites excluding steroid dienone is 1. The van der Waals surface area contributed by atoms with Gasteiger partial charge in [0, 0.05) is 10.5 Å². The van der Waals surface area contributed by atoms with E-state index in [0.29, 0.717) is 6.42 Å². The second-order valence-electron chi connectivity index (χ2n) is 7.06. The number of thioether (sulfide) groups is 1. The average molecular weight is 371 g/mol. The molecule has 1 aliphatic carbocycles. The molecule has 2 atom stereocenters. The van der Waals surface area contributed by atoms with Crippen LogP contribution in [0.3, 0.4) is 0 Å². The van der Waals surface area contributed by atoms with Gasteiger partial charge in [0.15, 0.2) is 5.78 Å². The summed E-state index contributed by atoms with van der Waals surface area (Å²) in [5.74, 6) is 0.203. The highest BCUT2D eigenvalue weighted by atomic mass is 32.2. The van der Waals surface area contributed by atoms with Crippen LogP contribution in [0.4, 0.5) is 0 Å². The van der Waals surface area contributed by atoms with Gasteiger partial charge in [-0.25, -0.2) is 0 Å². The van der Waals surface area contributed by atoms with Gasteiger partial charge in [0.05, 0.1) is 10.7 Å². The zero-order valence-electron chi connectivity index (χ0n) is 15.4. The summed E-state index contributed by atoms with van der Waals surface area (Å²) < 4.78 is 0. The fourth-order valence-electron chi connectivity index (χ4n) is 4.04. The number of hydrogen-bond acceptors (Lipinski definition) is 2. The average Bonchev–Trinajstić information content (AvgIpc) is 2.94. The van der Waals surface area contributed by atoms with Gasteiger partial charge in [-0.05, 0) is 36.6 Å². The molecular weight excluding hydrogens is 348 g/mol. The summed E-state index contributed by atoms with van der Waals surface area (Å²) in [6, 6.07) is 26.8. The van der Waals surface area contributed by atoms with Crippen LogP contribution >= 0.6 is 11.8 Å². The molecule has 3 aromatic carbocycles. The minimum absolute atomic E-state index is 0.0179. The lowest BCUT2D eigenvalue weighted by atomic mass is 9.74. The standard InChI is InChI=1S/C25H22OS/c1-3-17-25(19-9-5-4-6-10-19)23(26)21-11-7-8-12-22(21)24(25)27-20-15-13-18(2)14-16-20/h3-16,24H,1,17H2,2H3. The minimum Gasteiger partial charge on any atom is -0.293 e. The molecule has 0 bridgehead atoms. The molecule has 0 fully saturated rings. The van der Waals surface area contributed by atoms with Crippen molar-refractivity contribution >= 4 is 17.5 Å². The highest BCUT2D eigenvalue weighted by Gasteiger charge is 2.53. The highest BCUT2D eigenvalue weighted by Crippen LogP contribution is 2.58. The molecule has 0 amide bonds. The van der Waals surface area contributed by atoms with Gasteiger partial charge in [-0.15, -0.1) is 18.3 Å². The van der Waals surface area contributed by atoms with Gasteiger partial charge in [0.25, 0.3) is 0 Å². The summed E-state index contributed by atoms with van der Waals surface area (Å²) in [4.78, 5) is 14.9. The van der Waals surface area contributed by atoms with Crippen LogP contribution in [0.5, 0.6) is 0 Å². The maximum Gasteiger partial charge on any atom is 0.175 e. The molecule has 2 heteroatoms. The van der Waals surface area contributed by atoms with Crippen molar-refractivity contribution in [3.05, 3.63) is 114 Å². The third kappa shape index (κ3) is 2.94. The van der Waals surface area contributed by atoms with Crippen LogP contribution in [0.1, 0.15) is 38.7 Å². The van der Waals surface area contributed by atoms with Crippen LogP contribution < -0.4 is 0 Å². The second kappa shape index (κ2) is 7.21. The lowest BCUT2D eigenvalue weighted by Crippen LogP contribution is -2.35. The van der Waals surface area contributed by atoms with E-state index in [2.05, 4.69) is 56.0 Å². The van der Waals surface area contributed by atoms with Crippen LogP contribution in [-0.4, -0.2) is 5.78 Å². The Morgan fingerprint density at radius 3 is 2.33 bits per heavy atom. The molecule has 4 rings (SSSR count). The van der Waals surface area contributed by atoms with Crippen molar-refractivity contribution in [2.24, 2.45) is 0 Å². The molecule has 2 unspecified atom stereocenters. The van der Waals surface area contributed by atoms with Crippen molar-refractivity contribution in [1.29, 1.82) is 0 Å². The number of carbonyl (C=O) groups excluding carboxylic acids is 1. The molecule has 0 saturated carbocycles. The molecule has 27 heavy (non-hydrogen) atoms. The summed E-state index contributed by atoms with van der Waals surface area (Å²) in [5, 5.41) is 0.0179. The monoisotopic (exact) mass is 370 g/mol. The van der Waals surface area contributed by atoms with E-state index in [1.54, 1.807) is 11.8 Å². The first-order valence-electron chi connectivity index (χ1n) is 9.20. The Kier molecular flexibility index (Phi) is 4.75. The number of aryl methyl sites for hydroxylation is 1. The van der Waals surface area contributed by atoms with Gasteiger partial charge in [-0.1, -0.05) is 78.4 Å². The smallest absolute Gasteiger partial charge is 0.175 e. The number of rotatable bonds is 5. The van der Waals surface area contributed by atoms with E-state index in [4.69, 9.17) is 0 Å². The molecule has 0 aromatic heterocycles. The number of ketones is 1. The summed E-state index contributed by atoms with van der Waals surface area (Å²) in [5.41, 5.74) is 3.65. The third-order valence-corrected chi connectivity index (χ3v) is 6.81. The Morgan fingerprint density at radius 2 is 1.63 bits per heavy atom. The molecule has 0 aliphatic heterocycles. The van der Waals surface area contributed by atoms with Gasteiger partial charge in [-0.3, -0.25) is 4.79 Å². The fraction of sp³-hybridized carbons (Fsp3) is 0.160. The molecule has 0 saturated heterocycles. The van der Waals surface area contributed by atoms with Crippen LogP contribution in [0.25, 0.3) is 0 Å². The third-order valence-electron chi connectivity index (χ3n) is 5.37. The predicted octanol–water partition coefficient (Wildman–Crippen LogP) is 6.54. The first-order chi connectivity index (χ1) is 13.2. The lowest BCUT2D eigenvalue weighted by Gasteiger charge is -2.34. The van der Waals surface area contributed by atoms with Crippen molar-refractivity contribution in [2.45, 2.75) is 28.9 Å². The van der Waals surface area contributed by atoms with Crippen molar-refractivity contribution in [3.63, 3.8) is 0 Å². The number of hydrogen-bond donors (Lipinski definition) is 0. The molecule has 1 aliphatic rings. The van der Waals surface area contributed by atoms with Crippen LogP contribution in [0.2, 0.25) is 0 Å². The molecule has 1 nitrogen and oxygen atoms in total. The van der Waals surface area contributed by atoms with Crippen LogP contribution in [0.15, 0.2) is 96.4 Å². The highest BCUT2D eigenvalue weighted by molar-refractivity contribution is 7.99. The topological polar surface area (TPSA) is 17.1 Å². The number of fused-ring (bicyclic) bond motifs is 1. The van der Waals surface area contributed by atoms with E-state index in [0.717, 1.165) is 16.7 Å². The summed E-state index contributed by atoms with van der Waals surface area (Å²) in [6.07, 6.45) is 2.51. The summed E-state index contributed by atoms with van der Waals surface area (Å²) in [6.45, 7) is 6.08. The second-order valence-corrected chi connectivity index (χ2v) is 8.24. The van der Waals surface area contributed by atoms with Gasteiger partial charge < -0.3 is 0 Å². The van der Waals surface area contributed by atoms with Gasteiger partial charge in [-0.2, -0.15) is 0 Å². The van der Waals surface area contributed by atoms with Crippen molar-refractivity contribution in [3.8, 4) is 0 Å². The maximum atomic E-state index is 13.7. The SMILES string of the molecule is C=CCC1(c2ccccc2)C(=O)c2ccccc2C1Sc1ccc(C)cc1.